The second-order valence-corrected chi connectivity index (χ2v) is 12.5. The summed E-state index contributed by atoms with van der Waals surface area (Å²) < 4.78 is 60.6. The van der Waals surface area contributed by atoms with Crippen LogP contribution >= 0.6 is 0 Å². The van der Waals surface area contributed by atoms with Gasteiger partial charge in [0.1, 0.15) is 34.6 Å². The first kappa shape index (κ1) is 32.1. The molecule has 1 fully saturated rings. The van der Waals surface area contributed by atoms with Gasteiger partial charge in [0.2, 0.25) is 5.95 Å². The van der Waals surface area contributed by atoms with E-state index in [2.05, 4.69) is 47.8 Å². The van der Waals surface area contributed by atoms with Crippen molar-refractivity contribution in [1.82, 2.24) is 39.4 Å². The van der Waals surface area contributed by atoms with Crippen molar-refractivity contribution >= 4 is 44.8 Å². The molecule has 2 N–H and O–H groups in total. The highest BCUT2D eigenvalue weighted by molar-refractivity contribution is 7.85. The van der Waals surface area contributed by atoms with E-state index < -0.39 is 28.3 Å². The lowest BCUT2D eigenvalue weighted by molar-refractivity contribution is -0.105. The molecule has 1 saturated heterocycles. The molecule has 1 atom stereocenters. The molecule has 47 heavy (non-hydrogen) atoms. The average Bonchev–Trinajstić information content (AvgIpc) is 3.41. The summed E-state index contributed by atoms with van der Waals surface area (Å²) in [5.41, 5.74) is 0.888. The molecule has 17 heteroatoms. The predicted molar refractivity (Wildman–Crippen MR) is 170 cm³/mol. The van der Waals surface area contributed by atoms with Gasteiger partial charge in [-0.05, 0) is 62.4 Å². The quantitative estimate of drug-likeness (QED) is 0.223. The van der Waals surface area contributed by atoms with Crippen LogP contribution < -0.4 is 20.9 Å². The summed E-state index contributed by atoms with van der Waals surface area (Å²) in [6, 6.07) is 12.3. The zero-order valence-electron chi connectivity index (χ0n) is 25.4. The van der Waals surface area contributed by atoms with Crippen molar-refractivity contribution < 1.29 is 22.1 Å². The van der Waals surface area contributed by atoms with E-state index in [0.29, 0.717) is 16.8 Å². The Kier molecular flexibility index (Phi) is 9.17. The Hall–Kier alpha value is -4.90. The molecule has 1 aliphatic rings. The van der Waals surface area contributed by atoms with Crippen molar-refractivity contribution in [3.8, 4) is 5.75 Å². The van der Waals surface area contributed by atoms with Crippen molar-refractivity contribution in [2.75, 3.05) is 36.5 Å². The minimum atomic E-state index is -4.69. The molecule has 246 valence electrons. The summed E-state index contributed by atoms with van der Waals surface area (Å²) in [4.78, 5) is 29.2. The summed E-state index contributed by atoms with van der Waals surface area (Å²) in [6.07, 6.45) is 2.01. The molecule has 1 aromatic carbocycles. The van der Waals surface area contributed by atoms with Crippen molar-refractivity contribution in [2.24, 2.45) is 7.05 Å². The number of nitrogens with one attached hydrogen (secondary N) is 2. The molecule has 0 aliphatic carbocycles. The number of halogens is 3. The summed E-state index contributed by atoms with van der Waals surface area (Å²) in [6.45, 7) is 1.61. The minimum Gasteiger partial charge on any atom is -0.490 e. The Labute approximate surface area is 269 Å². The van der Waals surface area contributed by atoms with Crippen molar-refractivity contribution in [3.05, 3.63) is 77.1 Å². The van der Waals surface area contributed by atoms with Gasteiger partial charge in [0, 0.05) is 43.6 Å². The Morgan fingerprint density at radius 3 is 2.51 bits per heavy atom. The first-order valence-electron chi connectivity index (χ1n) is 14.7. The van der Waals surface area contributed by atoms with Crippen LogP contribution in [0.15, 0.2) is 70.9 Å². The van der Waals surface area contributed by atoms with E-state index in [9.17, 15) is 22.2 Å². The summed E-state index contributed by atoms with van der Waals surface area (Å²) >= 11 is 0. The van der Waals surface area contributed by atoms with Crippen LogP contribution in [0.2, 0.25) is 0 Å². The maximum Gasteiger partial charge on any atom is 0.400 e. The van der Waals surface area contributed by atoms with Crippen molar-refractivity contribution in [3.63, 3.8) is 0 Å². The molecule has 6 rings (SSSR count). The van der Waals surface area contributed by atoms with Gasteiger partial charge in [0.05, 0.1) is 29.2 Å². The Bertz CT molecular complexity index is 1940. The number of anilines is 4. The third kappa shape index (κ3) is 7.74. The standard InChI is InChI=1S/C30H31F3N10O3S/c1-41-12-9-23(10-13-41)46-22-7-5-20(6-8-22)37-29-35-15-19-14-24(36-21-4-3-11-34-16-21)27(44)43(26(19)38-29)17-25-28(42(2)40-39-25)47(45)18-30(31,32)33/h3-8,11,14-16,23,36H,9-10,12-13,17-18H2,1-2H3,(H,35,37,38). The van der Waals surface area contributed by atoms with Crippen LogP contribution in [0.1, 0.15) is 18.5 Å². The second kappa shape index (κ2) is 13.4. The van der Waals surface area contributed by atoms with E-state index in [-0.39, 0.29) is 40.7 Å². The van der Waals surface area contributed by atoms with Gasteiger partial charge in [-0.3, -0.25) is 18.6 Å². The third-order valence-corrected chi connectivity index (χ3v) is 9.03. The van der Waals surface area contributed by atoms with Gasteiger partial charge in [0.25, 0.3) is 5.56 Å². The zero-order chi connectivity index (χ0) is 33.1. The smallest absolute Gasteiger partial charge is 0.400 e. The van der Waals surface area contributed by atoms with Crippen molar-refractivity contribution in [1.29, 1.82) is 0 Å². The number of alkyl halides is 3. The number of ether oxygens (including phenoxy) is 1. The number of benzene rings is 1. The van der Waals surface area contributed by atoms with Gasteiger partial charge >= 0.3 is 6.18 Å². The van der Waals surface area contributed by atoms with Gasteiger partial charge in [-0.25, -0.2) is 9.67 Å². The van der Waals surface area contributed by atoms with E-state index in [0.717, 1.165) is 36.4 Å². The molecule has 0 spiro atoms. The molecule has 5 heterocycles. The van der Waals surface area contributed by atoms with E-state index in [1.807, 2.05) is 24.3 Å². The highest BCUT2D eigenvalue weighted by atomic mass is 32.2. The third-order valence-electron chi connectivity index (χ3n) is 7.51. The lowest BCUT2D eigenvalue weighted by Crippen LogP contribution is -2.35. The van der Waals surface area contributed by atoms with Crippen LogP contribution in [0.25, 0.3) is 11.0 Å². The number of hydrogen-bond donors (Lipinski definition) is 2. The Balaban J connectivity index is 1.32. The molecular weight excluding hydrogens is 637 g/mol. The van der Waals surface area contributed by atoms with E-state index in [4.69, 9.17) is 4.74 Å². The highest BCUT2D eigenvalue weighted by Crippen LogP contribution is 2.25. The fourth-order valence-electron chi connectivity index (χ4n) is 5.22. The number of aryl methyl sites for hydroxylation is 1. The van der Waals surface area contributed by atoms with Gasteiger partial charge in [0.15, 0.2) is 5.03 Å². The second-order valence-electron chi connectivity index (χ2n) is 11.1. The molecule has 0 amide bonds. The lowest BCUT2D eigenvalue weighted by Gasteiger charge is -2.29. The normalized spacial score (nSPS) is 15.1. The van der Waals surface area contributed by atoms with Crippen LogP contribution in [0.5, 0.6) is 5.75 Å². The van der Waals surface area contributed by atoms with Gasteiger partial charge < -0.3 is 20.3 Å². The number of piperidine rings is 1. The van der Waals surface area contributed by atoms with Crippen LogP contribution in [0, 0.1) is 0 Å². The number of nitrogens with zero attached hydrogens (tertiary/aromatic N) is 8. The van der Waals surface area contributed by atoms with Crippen LogP contribution in [0.3, 0.4) is 0 Å². The molecule has 4 aromatic heterocycles. The summed E-state index contributed by atoms with van der Waals surface area (Å²) in [5.74, 6) is -0.672. The number of rotatable bonds is 10. The van der Waals surface area contributed by atoms with Crippen LogP contribution in [0.4, 0.5) is 36.2 Å². The number of fused-ring (bicyclic) bond motifs is 1. The number of hydrogen-bond acceptors (Lipinski definition) is 11. The summed E-state index contributed by atoms with van der Waals surface area (Å²) in [5, 5.41) is 14.1. The van der Waals surface area contributed by atoms with Crippen LogP contribution in [-0.4, -0.2) is 81.8 Å². The first-order valence-corrected chi connectivity index (χ1v) is 16.0. The van der Waals surface area contributed by atoms with E-state index in [1.54, 1.807) is 24.4 Å². The molecule has 0 saturated carbocycles. The number of aromatic nitrogens is 7. The number of pyridine rings is 2. The topological polar surface area (TPSA) is 145 Å². The van der Waals surface area contributed by atoms with Gasteiger partial charge in [-0.2, -0.15) is 18.2 Å². The highest BCUT2D eigenvalue weighted by Gasteiger charge is 2.34. The molecule has 13 nitrogen and oxygen atoms in total. The number of likely N-dealkylation sites (tertiary alicyclic amines) is 1. The Morgan fingerprint density at radius 2 is 1.81 bits per heavy atom. The van der Waals surface area contributed by atoms with E-state index >= 15 is 0 Å². The largest absolute Gasteiger partial charge is 0.490 e. The van der Waals surface area contributed by atoms with Gasteiger partial charge in [-0.15, -0.1) is 5.10 Å². The predicted octanol–water partition coefficient (Wildman–Crippen LogP) is 3.99. The average molecular weight is 669 g/mol. The maximum absolute atomic E-state index is 13.9. The monoisotopic (exact) mass is 668 g/mol. The van der Waals surface area contributed by atoms with E-state index in [1.165, 1.54) is 24.0 Å². The maximum atomic E-state index is 13.9. The molecular formula is C30H31F3N10O3S. The molecule has 1 aliphatic heterocycles. The molecule has 5 aromatic rings. The zero-order valence-corrected chi connectivity index (χ0v) is 26.3. The fourth-order valence-corrected chi connectivity index (χ4v) is 6.36. The SMILES string of the molecule is CN1CCC(Oc2ccc(Nc3ncc4cc(Nc5cccnc5)c(=O)n(Cc5nnn(C)c5S(=O)CC(F)(F)F)c4n3)cc2)CC1. The van der Waals surface area contributed by atoms with Crippen molar-refractivity contribution in [2.45, 2.75) is 36.7 Å². The first-order chi connectivity index (χ1) is 22.5. The molecule has 0 bridgehead atoms. The van der Waals surface area contributed by atoms with Gasteiger partial charge in [-0.1, -0.05) is 5.21 Å². The molecule has 1 unspecified atom stereocenters. The molecule has 0 radical (unpaired) electrons. The minimum absolute atomic E-state index is 0.0645. The lowest BCUT2D eigenvalue weighted by atomic mass is 10.1. The fraction of sp³-hybridized carbons (Fsp3) is 0.333. The summed E-state index contributed by atoms with van der Waals surface area (Å²) in [7, 11) is 0.920. The van der Waals surface area contributed by atoms with Crippen LogP contribution in [-0.2, 0) is 24.4 Å². The Morgan fingerprint density at radius 1 is 1.04 bits per heavy atom.